The van der Waals surface area contributed by atoms with Crippen molar-refractivity contribution in [2.24, 2.45) is 0 Å². The number of hydrogen-bond donors (Lipinski definition) is 1. The average Bonchev–Trinajstić information content (AvgIpc) is 3.39. The van der Waals surface area contributed by atoms with Crippen LogP contribution in [0.2, 0.25) is 0 Å². The number of carbonyl (C=O) groups excluding carboxylic acids is 1. The first-order valence-corrected chi connectivity index (χ1v) is 9.72. The Kier molecular flexibility index (Phi) is 5.67. The molecule has 4 nitrogen and oxygen atoms in total. The Bertz CT molecular complexity index is 590. The van der Waals surface area contributed by atoms with Crippen molar-refractivity contribution < 1.29 is 9.53 Å². The maximum atomic E-state index is 12.5. The molecule has 1 N–H and O–H groups in total. The van der Waals surface area contributed by atoms with Gasteiger partial charge < -0.3 is 15.0 Å². The normalized spacial score (nSPS) is 21.2. The van der Waals surface area contributed by atoms with Crippen LogP contribution in [-0.2, 0) is 11.3 Å². The topological polar surface area (TPSA) is 41.6 Å². The van der Waals surface area contributed by atoms with E-state index in [9.17, 15) is 4.79 Å². The molecule has 1 aromatic rings. The Balaban J connectivity index is 1.54. The quantitative estimate of drug-likeness (QED) is 0.858. The minimum Gasteiger partial charge on any atom is -0.444 e. The van der Waals surface area contributed by atoms with Crippen LogP contribution in [0.3, 0.4) is 0 Å². The molecule has 0 spiro atoms. The predicted octanol–water partition coefficient (Wildman–Crippen LogP) is 4.44. The van der Waals surface area contributed by atoms with E-state index in [0.29, 0.717) is 0 Å². The van der Waals surface area contributed by atoms with Crippen molar-refractivity contribution in [3.8, 4) is 0 Å². The Morgan fingerprint density at radius 3 is 2.68 bits per heavy atom. The van der Waals surface area contributed by atoms with E-state index >= 15 is 0 Å². The molecular weight excluding hydrogens is 312 g/mol. The van der Waals surface area contributed by atoms with Gasteiger partial charge in [0.1, 0.15) is 5.60 Å². The number of nitrogens with zero attached hydrogens (tertiary/aromatic N) is 1. The highest BCUT2D eigenvalue weighted by Crippen LogP contribution is 2.41. The van der Waals surface area contributed by atoms with E-state index in [0.717, 1.165) is 38.4 Å². The van der Waals surface area contributed by atoms with Gasteiger partial charge in [-0.05, 0) is 69.9 Å². The van der Waals surface area contributed by atoms with Crippen LogP contribution in [0.1, 0.15) is 69.9 Å². The van der Waals surface area contributed by atoms with E-state index in [2.05, 4.69) is 29.6 Å². The Morgan fingerprint density at radius 2 is 1.96 bits per heavy atom. The van der Waals surface area contributed by atoms with Gasteiger partial charge in [0, 0.05) is 25.7 Å². The number of likely N-dealkylation sites (tertiary alicyclic amines) is 1. The van der Waals surface area contributed by atoms with Crippen LogP contribution in [0.25, 0.3) is 0 Å². The molecule has 0 aromatic heterocycles. The molecule has 138 valence electrons. The molecule has 4 heteroatoms. The number of benzene rings is 1. The SMILES string of the molecule is CC(C)(C)OC(=O)N1CCCCC1CNCc1ccccc1C1CC1. The van der Waals surface area contributed by atoms with Gasteiger partial charge in [-0.3, -0.25) is 0 Å². The smallest absolute Gasteiger partial charge is 0.410 e. The van der Waals surface area contributed by atoms with Crippen LogP contribution in [0.5, 0.6) is 0 Å². The first-order valence-electron chi connectivity index (χ1n) is 9.72. The van der Waals surface area contributed by atoms with E-state index in [1.807, 2.05) is 25.7 Å². The lowest BCUT2D eigenvalue weighted by atomic mass is 10.0. The van der Waals surface area contributed by atoms with E-state index in [1.54, 1.807) is 0 Å². The van der Waals surface area contributed by atoms with Gasteiger partial charge >= 0.3 is 6.09 Å². The Hall–Kier alpha value is -1.55. The number of ether oxygens (including phenoxy) is 1. The lowest BCUT2D eigenvalue weighted by Crippen LogP contribution is -2.50. The van der Waals surface area contributed by atoms with Crippen molar-refractivity contribution in [2.45, 2.75) is 77.0 Å². The molecule has 1 saturated carbocycles. The molecule has 1 aliphatic carbocycles. The average molecular weight is 344 g/mol. The maximum absolute atomic E-state index is 12.5. The van der Waals surface area contributed by atoms with Crippen LogP contribution < -0.4 is 5.32 Å². The van der Waals surface area contributed by atoms with E-state index < -0.39 is 5.60 Å². The number of carbonyl (C=O) groups is 1. The van der Waals surface area contributed by atoms with Crippen LogP contribution in [0.15, 0.2) is 24.3 Å². The second kappa shape index (κ2) is 7.77. The number of hydrogen-bond acceptors (Lipinski definition) is 3. The molecule has 1 aromatic carbocycles. The monoisotopic (exact) mass is 344 g/mol. The van der Waals surface area contributed by atoms with Gasteiger partial charge in [0.2, 0.25) is 0 Å². The minimum absolute atomic E-state index is 0.169. The summed E-state index contributed by atoms with van der Waals surface area (Å²) in [6, 6.07) is 8.99. The number of rotatable bonds is 5. The highest BCUT2D eigenvalue weighted by Gasteiger charge is 2.30. The molecule has 1 aliphatic heterocycles. The van der Waals surface area contributed by atoms with Gasteiger partial charge in [-0.25, -0.2) is 4.79 Å². The maximum Gasteiger partial charge on any atom is 0.410 e. The van der Waals surface area contributed by atoms with E-state index in [-0.39, 0.29) is 12.1 Å². The van der Waals surface area contributed by atoms with Crippen molar-refractivity contribution in [3.63, 3.8) is 0 Å². The van der Waals surface area contributed by atoms with Gasteiger partial charge in [0.05, 0.1) is 0 Å². The Morgan fingerprint density at radius 1 is 1.20 bits per heavy atom. The number of nitrogens with one attached hydrogen (secondary N) is 1. The van der Waals surface area contributed by atoms with Crippen LogP contribution in [0.4, 0.5) is 4.79 Å². The summed E-state index contributed by atoms with van der Waals surface area (Å²) in [5.41, 5.74) is 2.47. The van der Waals surface area contributed by atoms with Gasteiger partial charge in [-0.15, -0.1) is 0 Å². The zero-order valence-electron chi connectivity index (χ0n) is 15.9. The second-order valence-electron chi connectivity index (χ2n) is 8.43. The molecule has 3 rings (SSSR count). The third-order valence-corrected chi connectivity index (χ3v) is 5.02. The Labute approximate surface area is 151 Å². The summed E-state index contributed by atoms with van der Waals surface area (Å²) in [5, 5.41) is 3.59. The summed E-state index contributed by atoms with van der Waals surface area (Å²) in [4.78, 5) is 14.4. The number of amides is 1. The fourth-order valence-electron chi connectivity index (χ4n) is 3.63. The van der Waals surface area contributed by atoms with Gasteiger partial charge in [-0.2, -0.15) is 0 Å². The molecule has 1 atom stereocenters. The lowest BCUT2D eigenvalue weighted by molar-refractivity contribution is 0.00993. The largest absolute Gasteiger partial charge is 0.444 e. The minimum atomic E-state index is -0.435. The zero-order valence-corrected chi connectivity index (χ0v) is 15.9. The van der Waals surface area contributed by atoms with Crippen LogP contribution in [-0.4, -0.2) is 35.7 Å². The molecular formula is C21H32N2O2. The van der Waals surface area contributed by atoms with Crippen molar-refractivity contribution in [1.82, 2.24) is 10.2 Å². The molecule has 0 radical (unpaired) electrons. The van der Waals surface area contributed by atoms with Crippen molar-refractivity contribution >= 4 is 6.09 Å². The zero-order chi connectivity index (χ0) is 17.9. The molecule has 1 saturated heterocycles. The fraction of sp³-hybridized carbons (Fsp3) is 0.667. The van der Waals surface area contributed by atoms with E-state index in [1.165, 1.54) is 30.4 Å². The fourth-order valence-corrected chi connectivity index (χ4v) is 3.63. The first-order chi connectivity index (χ1) is 11.9. The molecule has 25 heavy (non-hydrogen) atoms. The standard InChI is InChI=1S/C21H32N2O2/c1-21(2,3)25-20(24)23-13-7-6-9-18(23)15-22-14-17-8-4-5-10-19(17)16-11-12-16/h4-5,8,10,16,18,22H,6-7,9,11-15H2,1-3H3. The lowest BCUT2D eigenvalue weighted by Gasteiger charge is -2.37. The van der Waals surface area contributed by atoms with Crippen molar-refractivity contribution in [3.05, 3.63) is 35.4 Å². The van der Waals surface area contributed by atoms with Crippen molar-refractivity contribution in [2.75, 3.05) is 13.1 Å². The molecule has 1 heterocycles. The first kappa shape index (κ1) is 18.2. The molecule has 1 amide bonds. The van der Waals surface area contributed by atoms with Gasteiger partial charge in [0.25, 0.3) is 0 Å². The molecule has 0 bridgehead atoms. The second-order valence-corrected chi connectivity index (χ2v) is 8.43. The summed E-state index contributed by atoms with van der Waals surface area (Å²) >= 11 is 0. The molecule has 1 unspecified atom stereocenters. The summed E-state index contributed by atoms with van der Waals surface area (Å²) in [6.45, 7) is 8.30. The highest BCUT2D eigenvalue weighted by atomic mass is 16.6. The van der Waals surface area contributed by atoms with E-state index in [4.69, 9.17) is 4.74 Å². The summed E-state index contributed by atoms with van der Waals surface area (Å²) in [7, 11) is 0. The highest BCUT2D eigenvalue weighted by molar-refractivity contribution is 5.68. The molecule has 2 fully saturated rings. The summed E-state index contributed by atoms with van der Waals surface area (Å²) < 4.78 is 5.59. The summed E-state index contributed by atoms with van der Waals surface area (Å²) in [6.07, 6.45) is 5.79. The number of piperidine rings is 1. The van der Waals surface area contributed by atoms with Crippen molar-refractivity contribution in [1.29, 1.82) is 0 Å². The van der Waals surface area contributed by atoms with Crippen LogP contribution >= 0.6 is 0 Å². The third-order valence-electron chi connectivity index (χ3n) is 5.02. The molecule has 2 aliphatic rings. The van der Waals surface area contributed by atoms with Gasteiger partial charge in [-0.1, -0.05) is 24.3 Å². The van der Waals surface area contributed by atoms with Crippen LogP contribution in [0, 0.1) is 0 Å². The third kappa shape index (κ3) is 5.21. The summed E-state index contributed by atoms with van der Waals surface area (Å²) in [5.74, 6) is 0.769. The predicted molar refractivity (Wildman–Crippen MR) is 101 cm³/mol. The van der Waals surface area contributed by atoms with Gasteiger partial charge in [0.15, 0.2) is 0 Å².